The summed E-state index contributed by atoms with van der Waals surface area (Å²) in [6.45, 7) is 18.3. The summed E-state index contributed by atoms with van der Waals surface area (Å²) < 4.78 is 0. The Hall–Kier alpha value is -7.06. The topological polar surface area (TPSA) is 3.24 Å². The number of anilines is 2. The third kappa shape index (κ3) is 6.85. The van der Waals surface area contributed by atoms with E-state index in [1.54, 1.807) is 6.08 Å². The Morgan fingerprint density at radius 1 is 0.619 bits per heavy atom. The maximum atomic E-state index is 6.95. The van der Waals surface area contributed by atoms with E-state index in [1.165, 1.54) is 72.4 Å². The minimum absolute atomic E-state index is 0.214. The highest BCUT2D eigenvalue weighted by Gasteiger charge is 2.38. The third-order valence-electron chi connectivity index (χ3n) is 14.1. The fraction of sp³-hybridized carbons (Fsp3) is 0.194. The molecule has 0 aliphatic heterocycles. The van der Waals surface area contributed by atoms with Gasteiger partial charge in [0.05, 0.1) is 11.4 Å². The van der Waals surface area contributed by atoms with Crippen LogP contribution in [0.1, 0.15) is 98.9 Å². The van der Waals surface area contributed by atoms with Crippen LogP contribution in [0.15, 0.2) is 162 Å². The highest BCUT2D eigenvalue weighted by molar-refractivity contribution is 6.00. The molecule has 0 amide bonds. The van der Waals surface area contributed by atoms with Gasteiger partial charge in [-0.3, -0.25) is 0 Å². The fourth-order valence-electron chi connectivity index (χ4n) is 10.7. The van der Waals surface area contributed by atoms with Crippen LogP contribution in [0.3, 0.4) is 0 Å². The molecular weight excluding hydrogens is 759 g/mol. The maximum absolute atomic E-state index is 6.95. The van der Waals surface area contributed by atoms with E-state index in [2.05, 4.69) is 218 Å². The monoisotopic (exact) mass is 813 g/mol. The van der Waals surface area contributed by atoms with Gasteiger partial charge in [-0.05, 0) is 172 Å². The van der Waals surface area contributed by atoms with E-state index in [-0.39, 0.29) is 10.8 Å². The summed E-state index contributed by atoms with van der Waals surface area (Å²) in [5, 5.41) is 0. The lowest BCUT2D eigenvalue weighted by atomic mass is 9.80. The zero-order valence-electron chi connectivity index (χ0n) is 37.9. The number of hydrogen-bond donors (Lipinski definition) is 0. The van der Waals surface area contributed by atoms with Crippen LogP contribution in [0.4, 0.5) is 11.4 Å². The molecule has 0 spiro atoms. The molecule has 6 aromatic carbocycles. The van der Waals surface area contributed by atoms with Gasteiger partial charge in [0.2, 0.25) is 0 Å². The molecule has 0 bridgehead atoms. The maximum Gasteiger partial charge on any atom is 0.0970 e. The molecule has 0 heterocycles. The van der Waals surface area contributed by atoms with Crippen LogP contribution in [0.2, 0.25) is 0 Å². The highest BCUT2D eigenvalue weighted by Crippen LogP contribution is 2.54. The smallest absolute Gasteiger partial charge is 0.0970 e. The number of hydrogen-bond acceptors (Lipinski definition) is 1. The van der Waals surface area contributed by atoms with E-state index in [4.69, 9.17) is 12.8 Å². The van der Waals surface area contributed by atoms with E-state index in [0.717, 1.165) is 57.7 Å². The molecule has 308 valence electrons. The van der Waals surface area contributed by atoms with Crippen molar-refractivity contribution in [2.24, 2.45) is 0 Å². The predicted molar refractivity (Wildman–Crippen MR) is 271 cm³/mol. The predicted octanol–water partition coefficient (Wildman–Crippen LogP) is 16.1. The van der Waals surface area contributed by atoms with Gasteiger partial charge in [0.15, 0.2) is 0 Å². The second kappa shape index (κ2) is 16.0. The molecule has 0 atom stereocenters. The number of nitrogens with zero attached hydrogens (tertiary/aromatic N) is 1. The number of allylic oxidation sites excluding steroid dienone is 9. The van der Waals surface area contributed by atoms with Crippen LogP contribution in [0.5, 0.6) is 0 Å². The van der Waals surface area contributed by atoms with E-state index >= 15 is 0 Å². The van der Waals surface area contributed by atoms with Crippen molar-refractivity contribution >= 4 is 28.6 Å². The second-order valence-electron chi connectivity index (χ2n) is 18.5. The Kier molecular flexibility index (Phi) is 10.5. The van der Waals surface area contributed by atoms with Crippen LogP contribution in [-0.2, 0) is 10.8 Å². The molecule has 0 saturated carbocycles. The first-order valence-corrected chi connectivity index (χ1v) is 22.2. The van der Waals surface area contributed by atoms with E-state index in [0.29, 0.717) is 0 Å². The van der Waals surface area contributed by atoms with E-state index < -0.39 is 0 Å². The van der Waals surface area contributed by atoms with Crippen molar-refractivity contribution in [3.05, 3.63) is 207 Å². The van der Waals surface area contributed by atoms with Gasteiger partial charge in [0, 0.05) is 27.6 Å². The van der Waals surface area contributed by atoms with Crippen LogP contribution in [-0.4, -0.2) is 0 Å². The van der Waals surface area contributed by atoms with Crippen molar-refractivity contribution in [3.8, 4) is 58.1 Å². The standard InChI is InChI=1S/C62H55N/c1-11-13-26-47-42(5)25-22-31-51(47)44-36-54(48-27-16-14-23-40(48)3)60(55(37-44)49-28-17-15-24-41(49)4)63(45(12-2)38-58-43(6)50-29-18-20-32-56(50)61(58,7)8)46-34-35-53-52-30-19-21-33-57(52)62(9,10)59(53)39-46/h1-2,13-16,18-27,29-39H,17,28H2,3-10H3/b26-13-,45-38+. The molecule has 63 heavy (non-hydrogen) atoms. The Morgan fingerprint density at radius 2 is 1.25 bits per heavy atom. The van der Waals surface area contributed by atoms with Gasteiger partial charge in [-0.25, -0.2) is 0 Å². The Morgan fingerprint density at radius 3 is 1.95 bits per heavy atom. The van der Waals surface area contributed by atoms with Gasteiger partial charge in [0.1, 0.15) is 0 Å². The SMILES string of the molecule is C#C/C=C\c1c(C)cccc1-c1cc(C2=C(C)C=CCC2)c(N(/C(C#C)=C/C2=C(C)c3ccccc3C2(C)C)c2ccc3c(c2)C(C)(C)c2ccccc2-3)c(-c2ccccc2C)c1. The lowest BCUT2D eigenvalue weighted by Gasteiger charge is -2.34. The summed E-state index contributed by atoms with van der Waals surface area (Å²) in [7, 11) is 0. The van der Waals surface area contributed by atoms with Crippen LogP contribution in [0.25, 0.3) is 50.6 Å². The quantitative estimate of drug-likeness (QED) is 0.138. The number of terminal acetylenes is 2. The van der Waals surface area contributed by atoms with Crippen molar-refractivity contribution in [1.29, 1.82) is 0 Å². The summed E-state index contributed by atoms with van der Waals surface area (Å²) in [6.07, 6.45) is 25.4. The molecule has 3 aliphatic carbocycles. The molecule has 0 N–H and O–H groups in total. The molecule has 3 aliphatic rings. The van der Waals surface area contributed by atoms with E-state index in [9.17, 15) is 0 Å². The van der Waals surface area contributed by atoms with Crippen molar-refractivity contribution in [2.45, 2.75) is 79.1 Å². The van der Waals surface area contributed by atoms with Crippen LogP contribution >= 0.6 is 0 Å². The van der Waals surface area contributed by atoms with Crippen molar-refractivity contribution in [1.82, 2.24) is 0 Å². The molecule has 1 heteroatoms. The molecule has 9 rings (SSSR count). The zero-order valence-corrected chi connectivity index (χ0v) is 37.9. The normalized spacial score (nSPS) is 15.9. The lowest BCUT2D eigenvalue weighted by Crippen LogP contribution is -2.22. The van der Waals surface area contributed by atoms with Crippen molar-refractivity contribution in [3.63, 3.8) is 0 Å². The summed E-state index contributed by atoms with van der Waals surface area (Å²) in [4.78, 5) is 2.42. The highest BCUT2D eigenvalue weighted by atomic mass is 15.2. The number of rotatable bonds is 8. The van der Waals surface area contributed by atoms with Crippen LogP contribution in [0, 0.1) is 38.5 Å². The van der Waals surface area contributed by atoms with Gasteiger partial charge in [-0.15, -0.1) is 12.8 Å². The summed E-state index contributed by atoms with van der Waals surface area (Å²) in [5.74, 6) is 6.07. The van der Waals surface area contributed by atoms with Gasteiger partial charge >= 0.3 is 0 Å². The molecule has 0 saturated heterocycles. The third-order valence-corrected chi connectivity index (χ3v) is 14.1. The van der Waals surface area contributed by atoms with Gasteiger partial charge in [-0.1, -0.05) is 149 Å². The minimum atomic E-state index is -0.262. The first-order chi connectivity index (χ1) is 30.4. The molecular formula is C62H55N. The Bertz CT molecular complexity index is 3110. The molecule has 1 nitrogen and oxygen atoms in total. The lowest BCUT2D eigenvalue weighted by molar-refractivity contribution is 0.653. The minimum Gasteiger partial charge on any atom is -0.302 e. The Labute approximate surface area is 375 Å². The zero-order chi connectivity index (χ0) is 44.2. The summed E-state index contributed by atoms with van der Waals surface area (Å²) in [5.41, 5.74) is 24.5. The molecule has 6 aromatic rings. The van der Waals surface area contributed by atoms with Crippen LogP contribution < -0.4 is 4.90 Å². The first-order valence-electron chi connectivity index (χ1n) is 22.2. The van der Waals surface area contributed by atoms with Gasteiger partial charge < -0.3 is 4.90 Å². The number of aryl methyl sites for hydroxylation is 2. The van der Waals surface area contributed by atoms with Crippen molar-refractivity contribution < 1.29 is 0 Å². The second-order valence-corrected chi connectivity index (χ2v) is 18.5. The van der Waals surface area contributed by atoms with Gasteiger partial charge in [-0.2, -0.15) is 0 Å². The summed E-state index contributed by atoms with van der Waals surface area (Å²) >= 11 is 0. The molecule has 0 aromatic heterocycles. The first kappa shape index (κ1) is 41.3. The Balaban J connectivity index is 1.43. The van der Waals surface area contributed by atoms with Crippen molar-refractivity contribution in [2.75, 3.05) is 4.90 Å². The summed E-state index contributed by atoms with van der Waals surface area (Å²) in [6, 6.07) is 44.8. The molecule has 0 unspecified atom stereocenters. The number of benzene rings is 6. The van der Waals surface area contributed by atoms with E-state index in [1.807, 2.05) is 0 Å². The fourth-order valence-corrected chi connectivity index (χ4v) is 10.7. The number of fused-ring (bicyclic) bond motifs is 4. The average Bonchev–Trinajstić information content (AvgIpc) is 3.63. The van der Waals surface area contributed by atoms with Gasteiger partial charge in [0.25, 0.3) is 0 Å². The largest absolute Gasteiger partial charge is 0.302 e. The molecule has 0 fully saturated rings. The average molecular weight is 814 g/mol. The molecule has 0 radical (unpaired) electrons.